The van der Waals surface area contributed by atoms with Crippen LogP contribution in [0.15, 0.2) is 22.8 Å². The Morgan fingerprint density at radius 1 is 1.41 bits per heavy atom. The van der Waals surface area contributed by atoms with Gasteiger partial charge in [-0.15, -0.1) is 0 Å². The Bertz CT molecular complexity index is 525. The maximum absolute atomic E-state index is 12.3. The van der Waals surface area contributed by atoms with E-state index in [1.807, 2.05) is 6.92 Å². The van der Waals surface area contributed by atoms with Gasteiger partial charge in [-0.2, -0.15) is 0 Å². The van der Waals surface area contributed by atoms with Crippen LogP contribution in [0.3, 0.4) is 0 Å². The molecule has 122 valence electrons. The Kier molecular flexibility index (Phi) is 6.34. The van der Waals surface area contributed by atoms with Crippen LogP contribution in [-0.2, 0) is 9.53 Å². The summed E-state index contributed by atoms with van der Waals surface area (Å²) in [6.45, 7) is 7.35. The largest absolute Gasteiger partial charge is 0.479 e. The number of pyridine rings is 1. The van der Waals surface area contributed by atoms with Crippen molar-refractivity contribution in [1.82, 2.24) is 9.88 Å². The lowest BCUT2D eigenvalue weighted by atomic mass is 10.1. The molecule has 0 aliphatic carbocycles. The van der Waals surface area contributed by atoms with Gasteiger partial charge in [0.25, 0.3) is 0 Å². The quantitative estimate of drug-likeness (QED) is 0.853. The monoisotopic (exact) mass is 372 g/mol. The zero-order valence-corrected chi connectivity index (χ0v) is 14.8. The van der Waals surface area contributed by atoms with E-state index in [0.717, 1.165) is 4.47 Å². The maximum atomic E-state index is 12.3. The molecule has 0 fully saturated rings. The van der Waals surface area contributed by atoms with Gasteiger partial charge in [-0.25, -0.2) is 9.59 Å². The fourth-order valence-electron chi connectivity index (χ4n) is 1.86. The molecule has 1 amide bonds. The number of halogens is 1. The van der Waals surface area contributed by atoms with Gasteiger partial charge in [0, 0.05) is 17.2 Å². The van der Waals surface area contributed by atoms with Crippen molar-refractivity contribution in [3.05, 3.63) is 28.5 Å². The van der Waals surface area contributed by atoms with Crippen LogP contribution in [0.25, 0.3) is 0 Å². The van der Waals surface area contributed by atoms with Crippen molar-refractivity contribution < 1.29 is 19.4 Å². The first kappa shape index (κ1) is 18.4. The number of ether oxygens (including phenoxy) is 1. The number of aromatic nitrogens is 1. The van der Waals surface area contributed by atoms with Crippen LogP contribution < -0.4 is 0 Å². The Labute approximate surface area is 138 Å². The molecular formula is C15H21BrN2O4. The normalized spacial score (nSPS) is 12.6. The molecule has 0 saturated heterocycles. The number of carbonyl (C=O) groups excluding carboxylic acids is 1. The summed E-state index contributed by atoms with van der Waals surface area (Å²) in [5, 5.41) is 9.54. The van der Waals surface area contributed by atoms with Gasteiger partial charge < -0.3 is 9.84 Å². The van der Waals surface area contributed by atoms with E-state index in [1.165, 1.54) is 11.1 Å². The molecule has 1 aromatic heterocycles. The molecule has 1 unspecified atom stereocenters. The summed E-state index contributed by atoms with van der Waals surface area (Å²) in [6, 6.07) is 2.09. The van der Waals surface area contributed by atoms with Crippen molar-refractivity contribution in [2.45, 2.75) is 45.8 Å². The Morgan fingerprint density at radius 2 is 2.05 bits per heavy atom. The summed E-state index contributed by atoms with van der Waals surface area (Å²) in [5.74, 6) is -1.14. The highest BCUT2D eigenvalue weighted by atomic mass is 79.9. The number of rotatable bonds is 5. The van der Waals surface area contributed by atoms with E-state index in [2.05, 4.69) is 20.9 Å². The number of carbonyl (C=O) groups is 2. The van der Waals surface area contributed by atoms with E-state index >= 15 is 0 Å². The van der Waals surface area contributed by atoms with E-state index in [1.54, 1.807) is 32.9 Å². The van der Waals surface area contributed by atoms with Gasteiger partial charge in [-0.3, -0.25) is 9.88 Å². The molecule has 0 bridgehead atoms. The van der Waals surface area contributed by atoms with Crippen LogP contribution in [0, 0.1) is 0 Å². The van der Waals surface area contributed by atoms with Gasteiger partial charge in [0.1, 0.15) is 5.60 Å². The Hall–Kier alpha value is -1.63. The topological polar surface area (TPSA) is 79.7 Å². The summed E-state index contributed by atoms with van der Waals surface area (Å²) < 4.78 is 6.05. The molecule has 22 heavy (non-hydrogen) atoms. The number of carboxylic acid groups (broad SMARTS) is 1. The van der Waals surface area contributed by atoms with Gasteiger partial charge in [0.05, 0.1) is 5.69 Å². The predicted octanol–water partition coefficient (Wildman–Crippen LogP) is 3.62. The van der Waals surface area contributed by atoms with Crippen molar-refractivity contribution in [3.63, 3.8) is 0 Å². The zero-order valence-electron chi connectivity index (χ0n) is 13.2. The lowest BCUT2D eigenvalue weighted by Crippen LogP contribution is -2.42. The van der Waals surface area contributed by atoms with E-state index in [4.69, 9.17) is 4.74 Å². The Morgan fingerprint density at radius 3 is 2.45 bits per heavy atom. The molecule has 0 aliphatic heterocycles. The van der Waals surface area contributed by atoms with Crippen molar-refractivity contribution in [2.24, 2.45) is 0 Å². The highest BCUT2D eigenvalue weighted by Gasteiger charge is 2.34. The molecule has 0 spiro atoms. The fourth-order valence-corrected chi connectivity index (χ4v) is 2.09. The summed E-state index contributed by atoms with van der Waals surface area (Å²) in [7, 11) is 0. The third-order valence-electron chi connectivity index (χ3n) is 2.67. The van der Waals surface area contributed by atoms with Gasteiger partial charge in [-0.1, -0.05) is 6.92 Å². The maximum Gasteiger partial charge on any atom is 0.411 e. The second-order valence-corrected chi connectivity index (χ2v) is 6.73. The number of carboxylic acids is 1. The predicted molar refractivity (Wildman–Crippen MR) is 85.5 cm³/mol. The summed E-state index contributed by atoms with van der Waals surface area (Å²) >= 11 is 3.25. The summed E-state index contributed by atoms with van der Waals surface area (Å²) in [6.07, 6.45) is 1.45. The fraction of sp³-hybridized carbons (Fsp3) is 0.533. The number of nitrogens with zero attached hydrogens (tertiary/aromatic N) is 2. The third kappa shape index (κ3) is 5.29. The van der Waals surface area contributed by atoms with Crippen molar-refractivity contribution in [1.29, 1.82) is 0 Å². The smallest absolute Gasteiger partial charge is 0.411 e. The van der Waals surface area contributed by atoms with Crippen LogP contribution in [0.2, 0.25) is 0 Å². The first-order valence-corrected chi connectivity index (χ1v) is 7.79. The average molecular weight is 373 g/mol. The molecular weight excluding hydrogens is 352 g/mol. The molecule has 6 nitrogen and oxygen atoms in total. The molecule has 7 heteroatoms. The number of amides is 1. The molecule has 0 saturated carbocycles. The van der Waals surface area contributed by atoms with Gasteiger partial charge in [-0.05, 0) is 55.3 Å². The molecule has 0 aromatic carbocycles. The molecule has 1 heterocycles. The van der Waals surface area contributed by atoms with Gasteiger partial charge in [0.2, 0.25) is 0 Å². The molecule has 1 atom stereocenters. The average Bonchev–Trinajstić information content (AvgIpc) is 2.38. The third-order valence-corrected chi connectivity index (χ3v) is 3.14. The Balaban J connectivity index is 3.14. The highest BCUT2D eigenvalue weighted by Crippen LogP contribution is 2.23. The van der Waals surface area contributed by atoms with Crippen molar-refractivity contribution in [3.8, 4) is 0 Å². The van der Waals surface area contributed by atoms with E-state index < -0.39 is 23.7 Å². The molecule has 0 aliphatic rings. The van der Waals surface area contributed by atoms with Crippen LogP contribution in [0.5, 0.6) is 0 Å². The van der Waals surface area contributed by atoms with E-state index in [0.29, 0.717) is 6.42 Å². The highest BCUT2D eigenvalue weighted by molar-refractivity contribution is 9.10. The SMILES string of the molecule is CCCN(C(=O)OC(C)(C)C)C(C(=O)O)c1ccc(Br)cn1. The minimum atomic E-state index is -1.18. The minimum absolute atomic E-state index is 0.267. The second kappa shape index (κ2) is 7.58. The van der Waals surface area contributed by atoms with Crippen LogP contribution in [0.4, 0.5) is 4.79 Å². The zero-order chi connectivity index (χ0) is 16.9. The van der Waals surface area contributed by atoms with E-state index in [9.17, 15) is 14.7 Å². The van der Waals surface area contributed by atoms with Crippen LogP contribution in [-0.4, -0.2) is 39.2 Å². The second-order valence-electron chi connectivity index (χ2n) is 5.82. The van der Waals surface area contributed by atoms with Gasteiger partial charge in [0.15, 0.2) is 6.04 Å². The summed E-state index contributed by atoms with van der Waals surface area (Å²) in [4.78, 5) is 29.3. The molecule has 1 rings (SSSR count). The van der Waals surface area contributed by atoms with E-state index in [-0.39, 0.29) is 12.2 Å². The first-order valence-electron chi connectivity index (χ1n) is 6.99. The first-order chi connectivity index (χ1) is 10.2. The van der Waals surface area contributed by atoms with Gasteiger partial charge >= 0.3 is 12.1 Å². The number of aliphatic carboxylic acids is 1. The standard InChI is InChI=1S/C15H21BrN2O4/c1-5-8-18(14(21)22-15(2,3)4)12(13(19)20)11-7-6-10(16)9-17-11/h6-7,9,12H,5,8H2,1-4H3,(H,19,20). The lowest BCUT2D eigenvalue weighted by molar-refractivity contribution is -0.143. The van der Waals surface area contributed by atoms with Crippen LogP contribution in [0.1, 0.15) is 45.9 Å². The van der Waals surface area contributed by atoms with Crippen molar-refractivity contribution in [2.75, 3.05) is 6.54 Å². The van der Waals surface area contributed by atoms with Crippen LogP contribution >= 0.6 is 15.9 Å². The number of hydrogen-bond acceptors (Lipinski definition) is 4. The molecule has 0 radical (unpaired) electrons. The summed E-state index contributed by atoms with van der Waals surface area (Å²) in [5.41, 5.74) is -0.408. The number of hydrogen-bond donors (Lipinski definition) is 1. The lowest BCUT2D eigenvalue weighted by Gasteiger charge is -2.31. The molecule has 1 aromatic rings. The minimum Gasteiger partial charge on any atom is -0.479 e. The molecule has 1 N–H and O–H groups in total. The van der Waals surface area contributed by atoms with Crippen molar-refractivity contribution >= 4 is 28.0 Å².